The van der Waals surface area contributed by atoms with Crippen molar-refractivity contribution in [2.45, 2.75) is 19.4 Å². The van der Waals surface area contributed by atoms with E-state index >= 15 is 0 Å². The summed E-state index contributed by atoms with van der Waals surface area (Å²) >= 11 is 7.39. The lowest BCUT2D eigenvalue weighted by atomic mass is 10.0. The minimum Gasteiger partial charge on any atom is -0.345 e. The molecule has 2 rings (SSSR count). The second-order valence-corrected chi connectivity index (χ2v) is 6.28. The van der Waals surface area contributed by atoms with E-state index < -0.39 is 0 Å². The molecular formula is C15H17ClN2OS. The van der Waals surface area contributed by atoms with Crippen molar-refractivity contribution in [3.8, 4) is 0 Å². The zero-order chi connectivity index (χ0) is 14.5. The molecule has 0 spiro atoms. The lowest BCUT2D eigenvalue weighted by Crippen LogP contribution is -2.27. The number of rotatable bonds is 5. The highest BCUT2D eigenvalue weighted by atomic mass is 35.5. The van der Waals surface area contributed by atoms with E-state index in [0.717, 1.165) is 14.8 Å². The first-order valence-corrected chi connectivity index (χ1v) is 7.65. The van der Waals surface area contributed by atoms with Crippen molar-refractivity contribution in [1.82, 2.24) is 5.32 Å². The predicted molar refractivity (Wildman–Crippen MR) is 84.4 cm³/mol. The summed E-state index contributed by atoms with van der Waals surface area (Å²) in [5.41, 5.74) is 7.24. The molecule has 0 bridgehead atoms. The second kappa shape index (κ2) is 6.88. The molecule has 1 unspecified atom stereocenters. The molecule has 0 saturated heterocycles. The van der Waals surface area contributed by atoms with Crippen LogP contribution < -0.4 is 11.1 Å². The van der Waals surface area contributed by atoms with Gasteiger partial charge in [0.15, 0.2) is 0 Å². The number of amides is 1. The minimum absolute atomic E-state index is 0.0640. The van der Waals surface area contributed by atoms with Crippen LogP contribution in [0.1, 0.15) is 33.8 Å². The molecule has 1 aromatic heterocycles. The SMILES string of the molecule is CC(NC(=O)c1ccccc1CCN)c1ccc(Cl)s1. The van der Waals surface area contributed by atoms with E-state index in [4.69, 9.17) is 17.3 Å². The molecule has 0 radical (unpaired) electrons. The number of nitrogens with one attached hydrogen (secondary N) is 1. The second-order valence-electron chi connectivity index (χ2n) is 4.53. The number of benzene rings is 1. The van der Waals surface area contributed by atoms with Gasteiger partial charge in [-0.05, 0) is 43.7 Å². The third kappa shape index (κ3) is 3.60. The Labute approximate surface area is 127 Å². The standard InChI is InChI=1S/C15H17ClN2OS/c1-10(13-6-7-14(16)20-13)18-15(19)12-5-3-2-4-11(12)8-9-17/h2-7,10H,8-9,17H2,1H3,(H,18,19). The van der Waals surface area contributed by atoms with Gasteiger partial charge in [-0.2, -0.15) is 0 Å². The van der Waals surface area contributed by atoms with Crippen LogP contribution in [0.15, 0.2) is 36.4 Å². The summed E-state index contributed by atoms with van der Waals surface area (Å²) in [6, 6.07) is 11.3. The van der Waals surface area contributed by atoms with Crippen LogP contribution in [-0.4, -0.2) is 12.5 Å². The van der Waals surface area contributed by atoms with Crippen molar-refractivity contribution >= 4 is 28.8 Å². The van der Waals surface area contributed by atoms with Crippen LogP contribution in [0.4, 0.5) is 0 Å². The molecule has 1 atom stereocenters. The van der Waals surface area contributed by atoms with Gasteiger partial charge >= 0.3 is 0 Å². The third-order valence-electron chi connectivity index (χ3n) is 3.04. The Balaban J connectivity index is 2.12. The Morgan fingerprint density at radius 3 is 2.75 bits per heavy atom. The number of halogens is 1. The van der Waals surface area contributed by atoms with Crippen molar-refractivity contribution in [3.05, 3.63) is 56.7 Å². The molecule has 1 amide bonds. The molecule has 1 heterocycles. The average Bonchev–Trinajstić information content (AvgIpc) is 2.86. The van der Waals surface area contributed by atoms with E-state index in [2.05, 4.69) is 5.32 Å². The van der Waals surface area contributed by atoms with E-state index in [1.807, 2.05) is 43.3 Å². The molecule has 5 heteroatoms. The van der Waals surface area contributed by atoms with E-state index in [-0.39, 0.29) is 11.9 Å². The van der Waals surface area contributed by atoms with Gasteiger partial charge in [-0.1, -0.05) is 29.8 Å². The molecule has 0 saturated carbocycles. The van der Waals surface area contributed by atoms with E-state index in [9.17, 15) is 4.79 Å². The fourth-order valence-electron chi connectivity index (χ4n) is 2.02. The first-order chi connectivity index (χ1) is 9.61. The lowest BCUT2D eigenvalue weighted by molar-refractivity contribution is 0.0939. The van der Waals surface area contributed by atoms with Gasteiger partial charge in [0.2, 0.25) is 0 Å². The fourth-order valence-corrected chi connectivity index (χ4v) is 3.09. The molecule has 20 heavy (non-hydrogen) atoms. The number of nitrogens with two attached hydrogens (primary N) is 1. The number of carbonyl (C=O) groups is 1. The predicted octanol–water partition coefficient (Wildman–Crippen LogP) is 3.39. The Kier molecular flexibility index (Phi) is 5.17. The van der Waals surface area contributed by atoms with Crippen LogP contribution in [0, 0.1) is 0 Å². The third-order valence-corrected chi connectivity index (χ3v) is 4.46. The maximum atomic E-state index is 12.4. The van der Waals surface area contributed by atoms with Crippen molar-refractivity contribution in [1.29, 1.82) is 0 Å². The van der Waals surface area contributed by atoms with Crippen molar-refractivity contribution in [2.75, 3.05) is 6.54 Å². The summed E-state index contributed by atoms with van der Waals surface area (Å²) in [5, 5.41) is 3.00. The number of hydrogen-bond donors (Lipinski definition) is 2. The highest BCUT2D eigenvalue weighted by molar-refractivity contribution is 7.16. The average molecular weight is 309 g/mol. The van der Waals surface area contributed by atoms with Crippen LogP contribution in [0.2, 0.25) is 4.34 Å². The highest BCUT2D eigenvalue weighted by Gasteiger charge is 2.15. The molecule has 3 nitrogen and oxygen atoms in total. The molecule has 106 valence electrons. The van der Waals surface area contributed by atoms with Crippen molar-refractivity contribution in [3.63, 3.8) is 0 Å². The quantitative estimate of drug-likeness (QED) is 0.889. The zero-order valence-electron chi connectivity index (χ0n) is 11.2. The smallest absolute Gasteiger partial charge is 0.252 e. The summed E-state index contributed by atoms with van der Waals surface area (Å²) in [5.74, 6) is -0.0777. The Morgan fingerprint density at radius 1 is 1.35 bits per heavy atom. The van der Waals surface area contributed by atoms with Crippen molar-refractivity contribution < 1.29 is 4.79 Å². The molecule has 0 fully saturated rings. The summed E-state index contributed by atoms with van der Waals surface area (Å²) in [6.07, 6.45) is 0.697. The first kappa shape index (κ1) is 15.0. The van der Waals surface area contributed by atoms with Gasteiger partial charge in [0.25, 0.3) is 5.91 Å². The summed E-state index contributed by atoms with van der Waals surface area (Å²) in [6.45, 7) is 2.48. The number of carbonyl (C=O) groups excluding carboxylic acids is 1. The molecule has 0 aliphatic rings. The fraction of sp³-hybridized carbons (Fsp3) is 0.267. The summed E-state index contributed by atoms with van der Waals surface area (Å²) in [4.78, 5) is 13.4. The van der Waals surface area contributed by atoms with Gasteiger partial charge < -0.3 is 11.1 Å². The van der Waals surface area contributed by atoms with Gasteiger partial charge in [0, 0.05) is 10.4 Å². The van der Waals surface area contributed by atoms with E-state index in [1.165, 1.54) is 11.3 Å². The summed E-state index contributed by atoms with van der Waals surface area (Å²) in [7, 11) is 0. The molecule has 2 aromatic rings. The van der Waals surface area contributed by atoms with Gasteiger partial charge in [-0.15, -0.1) is 11.3 Å². The Hall–Kier alpha value is -1.36. The van der Waals surface area contributed by atoms with Crippen LogP contribution >= 0.6 is 22.9 Å². The molecule has 3 N–H and O–H groups in total. The topological polar surface area (TPSA) is 55.1 Å². The lowest BCUT2D eigenvalue weighted by Gasteiger charge is -2.14. The number of thiophene rings is 1. The largest absolute Gasteiger partial charge is 0.345 e. The van der Waals surface area contributed by atoms with Gasteiger partial charge in [0.05, 0.1) is 10.4 Å². The van der Waals surface area contributed by atoms with Crippen LogP contribution in [0.3, 0.4) is 0 Å². The van der Waals surface area contributed by atoms with Crippen molar-refractivity contribution in [2.24, 2.45) is 5.73 Å². The van der Waals surface area contributed by atoms with Gasteiger partial charge in [-0.25, -0.2) is 0 Å². The first-order valence-electron chi connectivity index (χ1n) is 6.46. The van der Waals surface area contributed by atoms with Crippen LogP contribution in [-0.2, 0) is 6.42 Å². The number of hydrogen-bond acceptors (Lipinski definition) is 3. The molecular weight excluding hydrogens is 292 g/mol. The van der Waals surface area contributed by atoms with Crippen LogP contribution in [0.5, 0.6) is 0 Å². The summed E-state index contributed by atoms with van der Waals surface area (Å²) < 4.78 is 0.727. The monoisotopic (exact) mass is 308 g/mol. The maximum Gasteiger partial charge on any atom is 0.252 e. The molecule has 1 aromatic carbocycles. The van der Waals surface area contributed by atoms with Crippen LogP contribution in [0.25, 0.3) is 0 Å². The molecule has 0 aliphatic carbocycles. The Bertz CT molecular complexity index is 597. The molecule has 0 aliphatic heterocycles. The Morgan fingerprint density at radius 2 is 2.10 bits per heavy atom. The normalized spacial score (nSPS) is 12.2. The van der Waals surface area contributed by atoms with E-state index in [0.29, 0.717) is 18.5 Å². The minimum atomic E-state index is -0.0777. The zero-order valence-corrected chi connectivity index (χ0v) is 12.8. The van der Waals surface area contributed by atoms with Gasteiger partial charge in [0.1, 0.15) is 0 Å². The highest BCUT2D eigenvalue weighted by Crippen LogP contribution is 2.26. The van der Waals surface area contributed by atoms with Gasteiger partial charge in [-0.3, -0.25) is 4.79 Å². The van der Waals surface area contributed by atoms with E-state index in [1.54, 1.807) is 0 Å². The maximum absolute atomic E-state index is 12.4.